The van der Waals surface area contributed by atoms with Crippen molar-refractivity contribution in [3.8, 4) is 5.69 Å². The Bertz CT molecular complexity index is 950. The first-order chi connectivity index (χ1) is 12.1. The number of carbonyl (C=O) groups is 1. The van der Waals surface area contributed by atoms with Gasteiger partial charge in [0.1, 0.15) is 0 Å². The van der Waals surface area contributed by atoms with E-state index in [4.69, 9.17) is 4.74 Å². The van der Waals surface area contributed by atoms with Crippen LogP contribution in [0.5, 0.6) is 0 Å². The molecule has 0 unspecified atom stereocenters. The third-order valence-electron chi connectivity index (χ3n) is 4.14. The van der Waals surface area contributed by atoms with Crippen LogP contribution in [0.25, 0.3) is 16.7 Å². The number of carboxylic acid groups (broad SMARTS) is 1. The Morgan fingerprint density at radius 3 is 2.72 bits per heavy atom. The van der Waals surface area contributed by atoms with Crippen LogP contribution in [-0.4, -0.2) is 52.1 Å². The molecule has 3 aromatic rings. The minimum atomic E-state index is -1.07. The topological polar surface area (TPSA) is 80.5 Å². The van der Waals surface area contributed by atoms with E-state index >= 15 is 0 Å². The van der Waals surface area contributed by atoms with E-state index in [2.05, 4.69) is 30.9 Å². The number of nitrogens with zero attached hydrogens (tertiary/aromatic N) is 4. The molecule has 0 spiro atoms. The summed E-state index contributed by atoms with van der Waals surface area (Å²) in [7, 11) is 0. The van der Waals surface area contributed by atoms with Crippen LogP contribution in [0.2, 0.25) is 0 Å². The zero-order valence-corrected chi connectivity index (χ0v) is 14.8. The lowest BCUT2D eigenvalue weighted by atomic mass is 10.2. The first-order valence-electron chi connectivity index (χ1n) is 7.84. The van der Waals surface area contributed by atoms with E-state index in [-0.39, 0.29) is 5.69 Å². The number of ether oxygens (including phenoxy) is 1. The zero-order valence-electron chi connectivity index (χ0n) is 13.2. The van der Waals surface area contributed by atoms with Gasteiger partial charge < -0.3 is 14.7 Å². The number of halogens is 1. The second-order valence-corrected chi connectivity index (χ2v) is 6.63. The smallest absolute Gasteiger partial charge is 0.357 e. The van der Waals surface area contributed by atoms with Crippen molar-refractivity contribution in [3.63, 3.8) is 0 Å². The lowest BCUT2D eigenvalue weighted by Crippen LogP contribution is -2.36. The maximum Gasteiger partial charge on any atom is 0.357 e. The number of hydrogen-bond donors (Lipinski definition) is 1. The number of carboxylic acids is 1. The number of morpholine rings is 1. The van der Waals surface area contributed by atoms with E-state index in [1.54, 1.807) is 10.9 Å². The zero-order chi connectivity index (χ0) is 17.4. The fourth-order valence-electron chi connectivity index (χ4n) is 2.93. The number of anilines is 1. The van der Waals surface area contributed by atoms with Gasteiger partial charge in [-0.1, -0.05) is 22.0 Å². The number of hydrogen-bond acceptors (Lipinski definition) is 5. The molecule has 7 nitrogen and oxygen atoms in total. The van der Waals surface area contributed by atoms with Crippen molar-refractivity contribution < 1.29 is 14.6 Å². The first kappa shape index (κ1) is 16.0. The molecule has 0 atom stereocenters. The highest BCUT2D eigenvalue weighted by Crippen LogP contribution is 2.26. The van der Waals surface area contributed by atoms with Gasteiger partial charge >= 0.3 is 5.97 Å². The highest BCUT2D eigenvalue weighted by molar-refractivity contribution is 9.10. The molecule has 1 aromatic carbocycles. The number of pyridine rings is 1. The van der Waals surface area contributed by atoms with Crippen LogP contribution in [0.1, 0.15) is 10.5 Å². The van der Waals surface area contributed by atoms with Crippen LogP contribution >= 0.6 is 15.9 Å². The quantitative estimate of drug-likeness (QED) is 0.725. The first-order valence-corrected chi connectivity index (χ1v) is 8.63. The Morgan fingerprint density at radius 1 is 1.20 bits per heavy atom. The minimum Gasteiger partial charge on any atom is -0.476 e. The molecule has 0 bridgehead atoms. The van der Waals surface area contributed by atoms with E-state index in [9.17, 15) is 9.90 Å². The molecular weight excluding hydrogens is 388 g/mol. The molecule has 25 heavy (non-hydrogen) atoms. The summed E-state index contributed by atoms with van der Waals surface area (Å²) < 4.78 is 7.81. The predicted molar refractivity (Wildman–Crippen MR) is 96.6 cm³/mol. The third kappa shape index (κ3) is 2.98. The van der Waals surface area contributed by atoms with Crippen LogP contribution < -0.4 is 4.90 Å². The number of fused-ring (bicyclic) bond motifs is 1. The van der Waals surface area contributed by atoms with Crippen molar-refractivity contribution in [2.24, 2.45) is 0 Å². The minimum absolute atomic E-state index is 0.00224. The molecule has 128 valence electrons. The van der Waals surface area contributed by atoms with Crippen molar-refractivity contribution in [2.45, 2.75) is 0 Å². The van der Waals surface area contributed by atoms with Gasteiger partial charge in [0.2, 0.25) is 0 Å². The van der Waals surface area contributed by atoms with Crippen LogP contribution in [0.4, 0.5) is 5.69 Å². The molecule has 1 saturated heterocycles. The Morgan fingerprint density at radius 2 is 2.00 bits per heavy atom. The maximum atomic E-state index is 11.7. The normalized spacial score (nSPS) is 14.8. The molecule has 8 heteroatoms. The van der Waals surface area contributed by atoms with Crippen molar-refractivity contribution in [3.05, 3.63) is 46.7 Å². The van der Waals surface area contributed by atoms with Gasteiger partial charge in [-0.3, -0.25) is 0 Å². The summed E-state index contributed by atoms with van der Waals surface area (Å²) in [6, 6.07) is 9.35. The van der Waals surface area contributed by atoms with E-state index in [0.29, 0.717) is 24.2 Å². The second kappa shape index (κ2) is 6.45. The van der Waals surface area contributed by atoms with Crippen molar-refractivity contribution in [1.82, 2.24) is 14.8 Å². The number of rotatable bonds is 3. The monoisotopic (exact) mass is 402 g/mol. The van der Waals surface area contributed by atoms with E-state index < -0.39 is 5.97 Å². The number of benzene rings is 1. The van der Waals surface area contributed by atoms with Crippen molar-refractivity contribution in [1.29, 1.82) is 0 Å². The molecule has 1 N–H and O–H groups in total. The van der Waals surface area contributed by atoms with Gasteiger partial charge in [-0.15, -0.1) is 0 Å². The number of aromatic nitrogens is 3. The molecule has 1 aliphatic heterocycles. The lowest BCUT2D eigenvalue weighted by molar-refractivity contribution is 0.0692. The Balaban J connectivity index is 1.87. The molecule has 1 fully saturated rings. The van der Waals surface area contributed by atoms with Crippen LogP contribution in [0, 0.1) is 0 Å². The molecule has 0 amide bonds. The maximum absolute atomic E-state index is 11.7. The molecule has 4 rings (SSSR count). The van der Waals surface area contributed by atoms with Crippen LogP contribution in [0.3, 0.4) is 0 Å². The van der Waals surface area contributed by atoms with Gasteiger partial charge in [-0.2, -0.15) is 5.10 Å². The molecule has 0 aliphatic carbocycles. The third-order valence-corrected chi connectivity index (χ3v) is 4.63. The molecule has 2 aromatic heterocycles. The van der Waals surface area contributed by atoms with Crippen LogP contribution in [-0.2, 0) is 4.74 Å². The second-order valence-electron chi connectivity index (χ2n) is 5.71. The highest BCUT2D eigenvalue weighted by atomic mass is 79.9. The Labute approximate surface area is 152 Å². The summed E-state index contributed by atoms with van der Waals surface area (Å²) in [6.07, 6.45) is 1.76. The van der Waals surface area contributed by atoms with E-state index in [1.807, 2.05) is 30.3 Å². The predicted octanol–water partition coefficient (Wildman–Crippen LogP) is 2.72. The van der Waals surface area contributed by atoms with Gasteiger partial charge in [-0.25, -0.2) is 14.5 Å². The molecule has 0 saturated carbocycles. The summed E-state index contributed by atoms with van der Waals surface area (Å²) >= 11 is 3.43. The van der Waals surface area contributed by atoms with Gasteiger partial charge in [0.25, 0.3) is 0 Å². The standard InChI is InChI=1S/C17H15BrN4O3/c18-11-2-1-3-12(8-11)22-16-14(15(20-22)17(23)24)9-13(10-19-16)21-4-6-25-7-5-21/h1-3,8-10H,4-7H2,(H,23,24). The van der Waals surface area contributed by atoms with Crippen molar-refractivity contribution >= 4 is 38.6 Å². The van der Waals surface area contributed by atoms with Gasteiger partial charge in [0.05, 0.1) is 36.2 Å². The lowest BCUT2D eigenvalue weighted by Gasteiger charge is -2.28. The van der Waals surface area contributed by atoms with Crippen LogP contribution in [0.15, 0.2) is 41.0 Å². The highest BCUT2D eigenvalue weighted by Gasteiger charge is 2.21. The summed E-state index contributed by atoms with van der Waals surface area (Å²) in [6.45, 7) is 2.83. The molecule has 3 heterocycles. The summed E-state index contributed by atoms with van der Waals surface area (Å²) in [4.78, 5) is 18.3. The average Bonchev–Trinajstić information content (AvgIpc) is 3.01. The molecule has 1 aliphatic rings. The van der Waals surface area contributed by atoms with E-state index in [0.717, 1.165) is 28.9 Å². The van der Waals surface area contributed by atoms with Crippen molar-refractivity contribution in [2.75, 3.05) is 31.2 Å². The van der Waals surface area contributed by atoms with Gasteiger partial charge in [0, 0.05) is 17.6 Å². The fourth-order valence-corrected chi connectivity index (χ4v) is 3.32. The fraction of sp³-hybridized carbons (Fsp3) is 0.235. The Hall–Kier alpha value is -2.45. The largest absolute Gasteiger partial charge is 0.476 e. The number of aromatic carboxylic acids is 1. The average molecular weight is 403 g/mol. The van der Waals surface area contributed by atoms with Gasteiger partial charge in [0.15, 0.2) is 11.3 Å². The Kier molecular flexibility index (Phi) is 4.14. The van der Waals surface area contributed by atoms with E-state index in [1.165, 1.54) is 0 Å². The summed E-state index contributed by atoms with van der Waals surface area (Å²) in [5, 5.41) is 14.4. The molecule has 0 radical (unpaired) electrons. The van der Waals surface area contributed by atoms with Gasteiger partial charge in [-0.05, 0) is 24.3 Å². The SMILES string of the molecule is O=C(O)c1nn(-c2cccc(Br)c2)c2ncc(N3CCOCC3)cc12. The molecular formula is C17H15BrN4O3. The summed E-state index contributed by atoms with van der Waals surface area (Å²) in [5.74, 6) is -1.07. The summed E-state index contributed by atoms with van der Waals surface area (Å²) in [5.41, 5.74) is 2.15.